The first-order valence-corrected chi connectivity index (χ1v) is 6.32. The minimum atomic E-state index is -0.239. The van der Waals surface area contributed by atoms with Gasteiger partial charge < -0.3 is 4.90 Å². The summed E-state index contributed by atoms with van der Waals surface area (Å²) in [4.78, 5) is 2.04. The fraction of sp³-hybridized carbons (Fsp3) is 0.533. The standard InChI is InChI=1S/C15H21FN2/c1-15(2,12-17)9-4-5-10-18(3)14-8-6-7-13(16)11-14/h6-8,11H,4-5,9-10H2,1-3H3. The molecule has 0 amide bonds. The van der Waals surface area contributed by atoms with E-state index in [1.165, 1.54) is 6.07 Å². The largest absolute Gasteiger partial charge is 0.375 e. The van der Waals surface area contributed by atoms with E-state index in [0.717, 1.165) is 31.5 Å². The Kier molecular flexibility index (Phi) is 5.15. The van der Waals surface area contributed by atoms with Crippen LogP contribution in [0, 0.1) is 22.6 Å². The average molecular weight is 248 g/mol. The molecule has 2 nitrogen and oxygen atoms in total. The lowest BCUT2D eigenvalue weighted by molar-refractivity contribution is 0.427. The molecule has 0 aliphatic carbocycles. The lowest BCUT2D eigenvalue weighted by Gasteiger charge is -2.20. The molecule has 0 saturated carbocycles. The van der Waals surface area contributed by atoms with Crippen LogP contribution in [0.3, 0.4) is 0 Å². The number of benzene rings is 1. The van der Waals surface area contributed by atoms with Crippen LogP contribution in [0.4, 0.5) is 10.1 Å². The van der Waals surface area contributed by atoms with Crippen molar-refractivity contribution in [3.8, 4) is 6.07 Å². The Morgan fingerprint density at radius 1 is 1.33 bits per heavy atom. The number of nitrogens with zero attached hydrogens (tertiary/aromatic N) is 2. The third-order valence-electron chi connectivity index (χ3n) is 3.10. The number of hydrogen-bond acceptors (Lipinski definition) is 2. The first-order chi connectivity index (χ1) is 8.44. The van der Waals surface area contributed by atoms with Crippen molar-refractivity contribution in [3.05, 3.63) is 30.1 Å². The molecule has 0 atom stereocenters. The molecule has 0 radical (unpaired) electrons. The minimum Gasteiger partial charge on any atom is -0.375 e. The van der Waals surface area contributed by atoms with Crippen LogP contribution in [-0.4, -0.2) is 13.6 Å². The van der Waals surface area contributed by atoms with Crippen molar-refractivity contribution in [2.24, 2.45) is 5.41 Å². The number of rotatable bonds is 6. The summed E-state index contributed by atoms with van der Waals surface area (Å²) in [5, 5.41) is 8.91. The molecule has 18 heavy (non-hydrogen) atoms. The van der Waals surface area contributed by atoms with Crippen molar-refractivity contribution < 1.29 is 4.39 Å². The summed E-state index contributed by atoms with van der Waals surface area (Å²) >= 11 is 0. The molecule has 1 rings (SSSR count). The molecule has 0 aliphatic heterocycles. The summed E-state index contributed by atoms with van der Waals surface area (Å²) in [6.45, 7) is 4.80. The van der Waals surface area contributed by atoms with E-state index in [1.807, 2.05) is 31.9 Å². The molecule has 0 bridgehead atoms. The highest BCUT2D eigenvalue weighted by Crippen LogP contribution is 2.22. The molecule has 0 aromatic heterocycles. The van der Waals surface area contributed by atoms with Gasteiger partial charge in [0.2, 0.25) is 0 Å². The lowest BCUT2D eigenvalue weighted by atomic mass is 9.89. The van der Waals surface area contributed by atoms with E-state index in [1.54, 1.807) is 12.1 Å². The number of unbranched alkanes of at least 4 members (excludes halogenated alkanes) is 1. The number of halogens is 1. The second kappa shape index (κ2) is 6.39. The van der Waals surface area contributed by atoms with Gasteiger partial charge in [-0.15, -0.1) is 0 Å². The number of nitriles is 1. The Labute approximate surface area is 109 Å². The van der Waals surface area contributed by atoms with Gasteiger partial charge in [0.1, 0.15) is 5.82 Å². The van der Waals surface area contributed by atoms with Crippen LogP contribution in [0.1, 0.15) is 33.1 Å². The highest BCUT2D eigenvalue weighted by Gasteiger charge is 2.15. The minimum absolute atomic E-state index is 0.204. The molecule has 0 saturated heterocycles. The third-order valence-corrected chi connectivity index (χ3v) is 3.10. The third kappa shape index (κ3) is 4.75. The maximum absolute atomic E-state index is 13.1. The van der Waals surface area contributed by atoms with Crippen molar-refractivity contribution in [1.82, 2.24) is 0 Å². The van der Waals surface area contributed by atoms with Crippen LogP contribution < -0.4 is 4.90 Å². The SMILES string of the molecule is CN(CCCCC(C)(C)C#N)c1cccc(F)c1. The van der Waals surface area contributed by atoms with Crippen molar-refractivity contribution in [2.45, 2.75) is 33.1 Å². The van der Waals surface area contributed by atoms with E-state index in [9.17, 15) is 4.39 Å². The van der Waals surface area contributed by atoms with Crippen LogP contribution in [0.25, 0.3) is 0 Å². The van der Waals surface area contributed by atoms with Crippen LogP contribution in [0.15, 0.2) is 24.3 Å². The van der Waals surface area contributed by atoms with E-state index < -0.39 is 0 Å². The second-order valence-corrected chi connectivity index (χ2v) is 5.35. The molecular formula is C15H21FN2. The van der Waals surface area contributed by atoms with E-state index in [4.69, 9.17) is 5.26 Å². The summed E-state index contributed by atoms with van der Waals surface area (Å²) in [7, 11) is 1.96. The van der Waals surface area contributed by atoms with Gasteiger partial charge in [-0.2, -0.15) is 5.26 Å². The predicted octanol–water partition coefficient (Wildman–Crippen LogP) is 3.98. The predicted molar refractivity (Wildman–Crippen MR) is 72.9 cm³/mol. The van der Waals surface area contributed by atoms with Gasteiger partial charge in [-0.1, -0.05) is 12.5 Å². The molecule has 1 aromatic carbocycles. The molecule has 3 heteroatoms. The van der Waals surface area contributed by atoms with Gasteiger partial charge in [0, 0.05) is 19.3 Å². The Bertz CT molecular complexity index is 421. The molecule has 1 aromatic rings. The van der Waals surface area contributed by atoms with Gasteiger partial charge in [-0.3, -0.25) is 0 Å². The zero-order chi connectivity index (χ0) is 13.6. The van der Waals surface area contributed by atoms with Crippen molar-refractivity contribution >= 4 is 5.69 Å². The quantitative estimate of drug-likeness (QED) is 0.712. The Balaban J connectivity index is 2.34. The highest BCUT2D eigenvalue weighted by molar-refractivity contribution is 5.45. The average Bonchev–Trinajstić information content (AvgIpc) is 2.34. The Morgan fingerprint density at radius 3 is 2.67 bits per heavy atom. The van der Waals surface area contributed by atoms with Gasteiger partial charge >= 0.3 is 0 Å². The first-order valence-electron chi connectivity index (χ1n) is 6.32. The summed E-state index contributed by atoms with van der Waals surface area (Å²) in [5.74, 6) is -0.204. The number of anilines is 1. The molecular weight excluding hydrogens is 227 g/mol. The van der Waals surface area contributed by atoms with Gasteiger partial charge in [-0.25, -0.2) is 4.39 Å². The Morgan fingerprint density at radius 2 is 2.06 bits per heavy atom. The van der Waals surface area contributed by atoms with Crippen LogP contribution in [-0.2, 0) is 0 Å². The van der Waals surface area contributed by atoms with Crippen LogP contribution in [0.5, 0.6) is 0 Å². The van der Waals surface area contributed by atoms with E-state index >= 15 is 0 Å². The summed E-state index contributed by atoms with van der Waals surface area (Å²) in [6.07, 6.45) is 2.93. The zero-order valence-electron chi connectivity index (χ0n) is 11.4. The summed E-state index contributed by atoms with van der Waals surface area (Å²) in [5.41, 5.74) is 0.659. The smallest absolute Gasteiger partial charge is 0.125 e. The maximum atomic E-state index is 13.1. The molecule has 0 unspecified atom stereocenters. The lowest BCUT2D eigenvalue weighted by Crippen LogP contribution is -2.19. The number of hydrogen-bond donors (Lipinski definition) is 0. The van der Waals surface area contributed by atoms with E-state index in [0.29, 0.717) is 0 Å². The molecule has 0 aliphatic rings. The van der Waals surface area contributed by atoms with Crippen LogP contribution in [0.2, 0.25) is 0 Å². The molecule has 0 spiro atoms. The van der Waals surface area contributed by atoms with Gasteiger partial charge in [0.15, 0.2) is 0 Å². The zero-order valence-corrected chi connectivity index (χ0v) is 11.4. The molecule has 98 valence electrons. The fourth-order valence-electron chi connectivity index (χ4n) is 1.81. The highest BCUT2D eigenvalue weighted by atomic mass is 19.1. The molecule has 0 N–H and O–H groups in total. The van der Waals surface area contributed by atoms with Gasteiger partial charge in [0.05, 0.1) is 11.5 Å². The molecule has 0 heterocycles. The van der Waals surface area contributed by atoms with Crippen molar-refractivity contribution in [3.63, 3.8) is 0 Å². The monoisotopic (exact) mass is 248 g/mol. The normalized spacial score (nSPS) is 11.1. The fourth-order valence-corrected chi connectivity index (χ4v) is 1.81. The second-order valence-electron chi connectivity index (χ2n) is 5.35. The van der Waals surface area contributed by atoms with E-state index in [2.05, 4.69) is 6.07 Å². The topological polar surface area (TPSA) is 27.0 Å². The van der Waals surface area contributed by atoms with Crippen LogP contribution >= 0.6 is 0 Å². The first kappa shape index (κ1) is 14.5. The summed E-state index contributed by atoms with van der Waals surface area (Å²) < 4.78 is 13.1. The maximum Gasteiger partial charge on any atom is 0.125 e. The van der Waals surface area contributed by atoms with Crippen molar-refractivity contribution in [2.75, 3.05) is 18.5 Å². The van der Waals surface area contributed by atoms with E-state index in [-0.39, 0.29) is 11.2 Å². The van der Waals surface area contributed by atoms with Crippen molar-refractivity contribution in [1.29, 1.82) is 5.26 Å². The summed E-state index contributed by atoms with van der Waals surface area (Å²) in [6, 6.07) is 8.92. The van der Waals surface area contributed by atoms with Gasteiger partial charge in [0.25, 0.3) is 0 Å². The van der Waals surface area contributed by atoms with Gasteiger partial charge in [-0.05, 0) is 44.9 Å². The Hall–Kier alpha value is -1.56. The molecule has 0 fully saturated rings.